The third-order valence-electron chi connectivity index (χ3n) is 3.32. The number of nitrogens with zero attached hydrogens (tertiary/aromatic N) is 2. The van der Waals surface area contributed by atoms with Crippen LogP contribution in [0, 0.1) is 0 Å². The van der Waals surface area contributed by atoms with E-state index < -0.39 is 5.97 Å². The number of thiazole rings is 1. The Morgan fingerprint density at radius 3 is 3.12 bits per heavy atom. The van der Waals surface area contributed by atoms with Gasteiger partial charge >= 0.3 is 5.97 Å². The molecule has 0 aromatic carbocycles. The first-order valence-corrected chi connectivity index (χ1v) is 7.00. The predicted molar refractivity (Wildman–Crippen MR) is 67.4 cm³/mol. The van der Waals surface area contributed by atoms with E-state index in [-0.39, 0.29) is 5.01 Å². The Balaban J connectivity index is 2.00. The second kappa shape index (κ2) is 5.60. The molecule has 17 heavy (non-hydrogen) atoms. The minimum Gasteiger partial charge on any atom is -0.476 e. The number of aromatic carboxylic acids is 1. The Hall–Kier alpha value is -0.940. The van der Waals surface area contributed by atoms with Crippen molar-refractivity contribution >= 4 is 17.3 Å². The number of hydrogen-bond acceptors (Lipinski definition) is 4. The lowest BCUT2D eigenvalue weighted by atomic mass is 10.00. The maximum absolute atomic E-state index is 10.8. The second-order valence-corrected chi connectivity index (χ2v) is 5.34. The van der Waals surface area contributed by atoms with Crippen LogP contribution in [0.15, 0.2) is 5.38 Å². The van der Waals surface area contributed by atoms with Crippen LogP contribution in [0.2, 0.25) is 0 Å². The van der Waals surface area contributed by atoms with Crippen LogP contribution in [0.25, 0.3) is 0 Å². The van der Waals surface area contributed by atoms with Crippen LogP contribution < -0.4 is 0 Å². The molecule has 0 radical (unpaired) electrons. The molecule has 1 atom stereocenters. The largest absolute Gasteiger partial charge is 0.476 e. The van der Waals surface area contributed by atoms with E-state index in [1.54, 1.807) is 0 Å². The lowest BCUT2D eigenvalue weighted by molar-refractivity contribution is 0.0695. The van der Waals surface area contributed by atoms with Crippen LogP contribution in [0.5, 0.6) is 0 Å². The third kappa shape index (κ3) is 3.04. The van der Waals surface area contributed by atoms with Crippen molar-refractivity contribution < 1.29 is 9.90 Å². The summed E-state index contributed by atoms with van der Waals surface area (Å²) in [5, 5.41) is 10.9. The van der Waals surface area contributed by atoms with Gasteiger partial charge in [-0.2, -0.15) is 0 Å². The number of piperidine rings is 1. The first-order chi connectivity index (χ1) is 8.20. The molecule has 1 aromatic heterocycles. The van der Waals surface area contributed by atoms with E-state index >= 15 is 0 Å². The summed E-state index contributed by atoms with van der Waals surface area (Å²) < 4.78 is 0. The van der Waals surface area contributed by atoms with Gasteiger partial charge in [0.2, 0.25) is 5.01 Å². The van der Waals surface area contributed by atoms with Crippen LogP contribution in [0.3, 0.4) is 0 Å². The fourth-order valence-corrected chi connectivity index (χ4v) is 3.06. The SMILES string of the molecule is CCC1CCCCN1Cc1csc(C(=O)O)n1. The van der Waals surface area contributed by atoms with Gasteiger partial charge in [0.15, 0.2) is 0 Å². The molecule has 1 N–H and O–H groups in total. The van der Waals surface area contributed by atoms with Gasteiger partial charge < -0.3 is 5.11 Å². The molecular formula is C12H18N2O2S. The molecule has 0 aliphatic carbocycles. The Kier molecular flexibility index (Phi) is 4.12. The van der Waals surface area contributed by atoms with Gasteiger partial charge in [0.25, 0.3) is 0 Å². The van der Waals surface area contributed by atoms with Gasteiger partial charge in [-0.1, -0.05) is 13.3 Å². The molecule has 1 aliphatic rings. The van der Waals surface area contributed by atoms with Crippen molar-refractivity contribution in [2.24, 2.45) is 0 Å². The first-order valence-electron chi connectivity index (χ1n) is 6.12. The normalized spacial score (nSPS) is 21.6. The molecular weight excluding hydrogens is 236 g/mol. The van der Waals surface area contributed by atoms with E-state index in [0.717, 1.165) is 25.2 Å². The fraction of sp³-hybridized carbons (Fsp3) is 0.667. The number of carboxylic acid groups (broad SMARTS) is 1. The average Bonchev–Trinajstić information content (AvgIpc) is 2.78. The standard InChI is InChI=1S/C12H18N2O2S/c1-2-10-5-3-4-6-14(10)7-9-8-17-11(13-9)12(15)16/h8,10H,2-7H2,1H3,(H,15,16). The maximum atomic E-state index is 10.8. The predicted octanol–water partition coefficient (Wildman–Crippen LogP) is 2.61. The molecule has 0 saturated carbocycles. The number of likely N-dealkylation sites (tertiary alicyclic amines) is 1. The van der Waals surface area contributed by atoms with E-state index in [2.05, 4.69) is 16.8 Å². The van der Waals surface area contributed by atoms with Crippen molar-refractivity contribution in [3.63, 3.8) is 0 Å². The summed E-state index contributed by atoms with van der Waals surface area (Å²) in [7, 11) is 0. The minimum absolute atomic E-state index is 0.199. The number of rotatable bonds is 4. The lowest BCUT2D eigenvalue weighted by Gasteiger charge is -2.34. The summed E-state index contributed by atoms with van der Waals surface area (Å²) in [6.45, 7) is 4.12. The Morgan fingerprint density at radius 2 is 2.47 bits per heavy atom. The molecule has 2 rings (SSSR count). The minimum atomic E-state index is -0.924. The summed E-state index contributed by atoms with van der Waals surface area (Å²) >= 11 is 1.22. The molecule has 1 saturated heterocycles. The molecule has 0 spiro atoms. The number of carboxylic acids is 1. The zero-order valence-electron chi connectivity index (χ0n) is 10.1. The molecule has 1 aliphatic heterocycles. The number of hydrogen-bond donors (Lipinski definition) is 1. The molecule has 2 heterocycles. The van der Waals surface area contributed by atoms with Crippen LogP contribution in [0.1, 0.15) is 48.1 Å². The summed E-state index contributed by atoms with van der Waals surface area (Å²) in [4.78, 5) is 17.3. The van der Waals surface area contributed by atoms with E-state index in [1.807, 2.05) is 5.38 Å². The number of carbonyl (C=O) groups is 1. The second-order valence-electron chi connectivity index (χ2n) is 4.48. The van der Waals surface area contributed by atoms with Gasteiger partial charge in [0.1, 0.15) is 0 Å². The van der Waals surface area contributed by atoms with Gasteiger partial charge in [0.05, 0.1) is 5.69 Å². The van der Waals surface area contributed by atoms with Crippen molar-refractivity contribution in [1.82, 2.24) is 9.88 Å². The third-order valence-corrected chi connectivity index (χ3v) is 4.20. The summed E-state index contributed by atoms with van der Waals surface area (Å²) in [5.74, 6) is -0.924. The van der Waals surface area contributed by atoms with Gasteiger partial charge in [-0.25, -0.2) is 9.78 Å². The molecule has 1 aromatic rings. The van der Waals surface area contributed by atoms with Crippen LogP contribution >= 0.6 is 11.3 Å². The zero-order chi connectivity index (χ0) is 12.3. The van der Waals surface area contributed by atoms with E-state index in [0.29, 0.717) is 6.04 Å². The van der Waals surface area contributed by atoms with Crippen molar-refractivity contribution in [2.75, 3.05) is 6.54 Å². The number of aromatic nitrogens is 1. The Bertz CT molecular complexity index is 392. The van der Waals surface area contributed by atoms with E-state index in [4.69, 9.17) is 5.11 Å². The molecule has 94 valence electrons. The van der Waals surface area contributed by atoms with Crippen molar-refractivity contribution in [1.29, 1.82) is 0 Å². The smallest absolute Gasteiger partial charge is 0.365 e. The van der Waals surface area contributed by atoms with Gasteiger partial charge in [-0.3, -0.25) is 4.90 Å². The Morgan fingerprint density at radius 1 is 1.65 bits per heavy atom. The molecule has 4 nitrogen and oxygen atoms in total. The van der Waals surface area contributed by atoms with Crippen LogP contribution in [-0.4, -0.2) is 33.5 Å². The monoisotopic (exact) mass is 254 g/mol. The quantitative estimate of drug-likeness (QED) is 0.897. The van der Waals surface area contributed by atoms with Gasteiger partial charge in [-0.15, -0.1) is 11.3 Å². The van der Waals surface area contributed by atoms with Gasteiger partial charge in [0, 0.05) is 18.0 Å². The van der Waals surface area contributed by atoms with Gasteiger partial charge in [-0.05, 0) is 25.8 Å². The summed E-state index contributed by atoms with van der Waals surface area (Å²) in [6.07, 6.45) is 4.97. The first kappa shape index (κ1) is 12.5. The summed E-state index contributed by atoms with van der Waals surface area (Å²) in [5.41, 5.74) is 0.896. The van der Waals surface area contributed by atoms with Crippen LogP contribution in [-0.2, 0) is 6.54 Å². The van der Waals surface area contributed by atoms with Crippen LogP contribution in [0.4, 0.5) is 0 Å². The molecule has 5 heteroatoms. The lowest BCUT2D eigenvalue weighted by Crippen LogP contribution is -2.38. The maximum Gasteiger partial charge on any atom is 0.365 e. The van der Waals surface area contributed by atoms with E-state index in [9.17, 15) is 4.79 Å². The van der Waals surface area contributed by atoms with E-state index in [1.165, 1.54) is 30.6 Å². The fourth-order valence-electron chi connectivity index (χ4n) is 2.42. The van der Waals surface area contributed by atoms with Crippen molar-refractivity contribution in [3.05, 3.63) is 16.1 Å². The van der Waals surface area contributed by atoms with Crippen molar-refractivity contribution in [3.8, 4) is 0 Å². The zero-order valence-corrected chi connectivity index (χ0v) is 10.9. The topological polar surface area (TPSA) is 53.4 Å². The highest BCUT2D eigenvalue weighted by atomic mass is 32.1. The average molecular weight is 254 g/mol. The molecule has 1 fully saturated rings. The highest BCUT2D eigenvalue weighted by molar-refractivity contribution is 7.11. The molecule has 0 amide bonds. The molecule has 1 unspecified atom stereocenters. The highest BCUT2D eigenvalue weighted by Crippen LogP contribution is 2.22. The molecule has 0 bridgehead atoms. The Labute approximate surface area is 105 Å². The van der Waals surface area contributed by atoms with Crippen molar-refractivity contribution in [2.45, 2.75) is 45.2 Å². The highest BCUT2D eigenvalue weighted by Gasteiger charge is 2.21. The summed E-state index contributed by atoms with van der Waals surface area (Å²) in [6, 6.07) is 0.638.